The summed E-state index contributed by atoms with van der Waals surface area (Å²) in [5, 5.41) is 5.06. The Morgan fingerprint density at radius 2 is 1.96 bits per heavy atom. The average molecular weight is 356 g/mol. The van der Waals surface area contributed by atoms with Crippen molar-refractivity contribution in [2.75, 3.05) is 6.26 Å². The zero-order valence-corrected chi connectivity index (χ0v) is 15.5. The molecule has 3 rings (SSSR count). The van der Waals surface area contributed by atoms with Gasteiger partial charge in [-0.1, -0.05) is 42.1 Å². The Bertz CT molecular complexity index is 908. The first-order valence-electron chi connectivity index (χ1n) is 8.01. The Labute approximate surface area is 150 Å². The standard InChI is InChI=1S/C18H20N4O2S/c1-11-15(12(2)22-17(19-11)20-18(21-22)25-4)10-16(23)24-13(3)14-8-6-5-7-9-14/h5-9,13H,10H2,1-4H3/t13-/m0/s1. The molecule has 0 fully saturated rings. The minimum absolute atomic E-state index is 0.159. The van der Waals surface area contributed by atoms with Crippen molar-refractivity contribution in [1.82, 2.24) is 19.6 Å². The van der Waals surface area contributed by atoms with Crippen LogP contribution in [0.1, 0.15) is 35.5 Å². The summed E-state index contributed by atoms with van der Waals surface area (Å²) in [6, 6.07) is 9.69. The summed E-state index contributed by atoms with van der Waals surface area (Å²) in [7, 11) is 0. The largest absolute Gasteiger partial charge is 0.458 e. The van der Waals surface area contributed by atoms with Gasteiger partial charge in [-0.2, -0.15) is 4.98 Å². The number of hydrogen-bond donors (Lipinski definition) is 0. The van der Waals surface area contributed by atoms with Gasteiger partial charge in [0, 0.05) is 17.0 Å². The quantitative estimate of drug-likeness (QED) is 0.516. The van der Waals surface area contributed by atoms with E-state index in [1.807, 2.05) is 57.4 Å². The smallest absolute Gasteiger partial charge is 0.310 e. The second kappa shape index (κ2) is 7.23. The molecule has 0 radical (unpaired) electrons. The van der Waals surface area contributed by atoms with Gasteiger partial charge in [-0.05, 0) is 32.6 Å². The molecular weight excluding hydrogens is 336 g/mol. The van der Waals surface area contributed by atoms with E-state index < -0.39 is 0 Å². The zero-order chi connectivity index (χ0) is 18.0. The van der Waals surface area contributed by atoms with Gasteiger partial charge in [0.15, 0.2) is 0 Å². The minimum atomic E-state index is -0.291. The Balaban J connectivity index is 1.81. The molecule has 1 aromatic carbocycles. The summed E-state index contributed by atoms with van der Waals surface area (Å²) in [6.07, 6.45) is 1.78. The first kappa shape index (κ1) is 17.4. The highest BCUT2D eigenvalue weighted by molar-refractivity contribution is 7.98. The van der Waals surface area contributed by atoms with Gasteiger partial charge < -0.3 is 4.74 Å². The van der Waals surface area contributed by atoms with Crippen molar-refractivity contribution in [3.63, 3.8) is 0 Å². The molecule has 2 heterocycles. The molecule has 7 heteroatoms. The fourth-order valence-corrected chi connectivity index (χ4v) is 3.04. The highest BCUT2D eigenvalue weighted by Crippen LogP contribution is 2.20. The lowest BCUT2D eigenvalue weighted by atomic mass is 10.1. The van der Waals surface area contributed by atoms with Gasteiger partial charge in [0.1, 0.15) is 6.10 Å². The fraction of sp³-hybridized carbons (Fsp3) is 0.333. The number of ether oxygens (including phenoxy) is 1. The molecule has 0 bridgehead atoms. The Kier molecular flexibility index (Phi) is 5.03. The van der Waals surface area contributed by atoms with Crippen LogP contribution in [0.4, 0.5) is 0 Å². The highest BCUT2D eigenvalue weighted by atomic mass is 32.2. The van der Waals surface area contributed by atoms with Crippen LogP contribution in [0.2, 0.25) is 0 Å². The van der Waals surface area contributed by atoms with Gasteiger partial charge in [0.05, 0.1) is 6.42 Å². The van der Waals surface area contributed by atoms with Gasteiger partial charge in [0.25, 0.3) is 5.78 Å². The van der Waals surface area contributed by atoms with E-state index >= 15 is 0 Å². The van der Waals surface area contributed by atoms with Gasteiger partial charge >= 0.3 is 5.97 Å². The first-order valence-corrected chi connectivity index (χ1v) is 9.23. The number of esters is 1. The van der Waals surface area contributed by atoms with E-state index in [0.717, 1.165) is 22.5 Å². The SMILES string of the molecule is CSc1nc2nc(C)c(CC(=O)O[C@@H](C)c3ccccc3)c(C)n2n1. The van der Waals surface area contributed by atoms with E-state index in [1.165, 1.54) is 11.8 Å². The molecule has 1 atom stereocenters. The second-order valence-corrected chi connectivity index (χ2v) is 6.56. The van der Waals surface area contributed by atoms with Crippen LogP contribution in [-0.2, 0) is 16.0 Å². The number of aryl methyl sites for hydroxylation is 2. The average Bonchev–Trinajstić information content (AvgIpc) is 3.02. The number of fused-ring (bicyclic) bond motifs is 1. The van der Waals surface area contributed by atoms with Crippen LogP contribution in [0, 0.1) is 13.8 Å². The number of aromatic nitrogens is 4. The third-order valence-electron chi connectivity index (χ3n) is 4.11. The number of thioether (sulfide) groups is 1. The van der Waals surface area contributed by atoms with Crippen molar-refractivity contribution in [3.8, 4) is 0 Å². The zero-order valence-electron chi connectivity index (χ0n) is 14.7. The van der Waals surface area contributed by atoms with Crippen molar-refractivity contribution < 1.29 is 9.53 Å². The summed E-state index contributed by atoms with van der Waals surface area (Å²) in [5.74, 6) is 0.267. The Hall–Kier alpha value is -2.41. The third kappa shape index (κ3) is 3.66. The predicted molar refractivity (Wildman–Crippen MR) is 96.7 cm³/mol. The topological polar surface area (TPSA) is 69.4 Å². The number of nitrogens with zero attached hydrogens (tertiary/aromatic N) is 4. The van der Waals surface area contributed by atoms with Gasteiger partial charge in [0.2, 0.25) is 5.16 Å². The van der Waals surface area contributed by atoms with Crippen molar-refractivity contribution >= 4 is 23.5 Å². The first-order chi connectivity index (χ1) is 12.0. The molecule has 2 aromatic heterocycles. The van der Waals surface area contributed by atoms with Gasteiger partial charge in [-0.25, -0.2) is 9.50 Å². The van der Waals surface area contributed by atoms with E-state index in [2.05, 4.69) is 15.1 Å². The molecule has 25 heavy (non-hydrogen) atoms. The lowest BCUT2D eigenvalue weighted by molar-refractivity contribution is -0.147. The Morgan fingerprint density at radius 1 is 1.24 bits per heavy atom. The van der Waals surface area contributed by atoms with Crippen LogP contribution in [0.5, 0.6) is 0 Å². The van der Waals surface area contributed by atoms with E-state index in [4.69, 9.17) is 4.74 Å². The molecule has 0 saturated carbocycles. The maximum atomic E-state index is 12.4. The van der Waals surface area contributed by atoms with E-state index in [9.17, 15) is 4.79 Å². The normalized spacial score (nSPS) is 12.3. The van der Waals surface area contributed by atoms with E-state index in [-0.39, 0.29) is 18.5 Å². The van der Waals surface area contributed by atoms with Crippen LogP contribution < -0.4 is 0 Å². The Morgan fingerprint density at radius 3 is 2.64 bits per heavy atom. The predicted octanol–water partition coefficient (Wildman–Crippen LogP) is 3.31. The van der Waals surface area contributed by atoms with Crippen LogP contribution in [0.3, 0.4) is 0 Å². The van der Waals surface area contributed by atoms with Crippen LogP contribution in [0.25, 0.3) is 5.78 Å². The van der Waals surface area contributed by atoms with E-state index in [0.29, 0.717) is 10.9 Å². The summed E-state index contributed by atoms with van der Waals surface area (Å²) in [6.45, 7) is 5.67. The van der Waals surface area contributed by atoms with Crippen molar-refractivity contribution in [3.05, 3.63) is 52.8 Å². The van der Waals surface area contributed by atoms with Crippen LogP contribution in [0.15, 0.2) is 35.5 Å². The molecule has 0 N–H and O–H groups in total. The number of hydrogen-bond acceptors (Lipinski definition) is 6. The molecule has 0 aliphatic rings. The van der Waals surface area contributed by atoms with Crippen molar-refractivity contribution in [1.29, 1.82) is 0 Å². The number of benzene rings is 1. The molecule has 0 spiro atoms. The number of rotatable bonds is 5. The highest BCUT2D eigenvalue weighted by Gasteiger charge is 2.18. The summed E-state index contributed by atoms with van der Waals surface area (Å²) >= 11 is 1.46. The molecular formula is C18H20N4O2S. The lowest BCUT2D eigenvalue weighted by Gasteiger charge is -2.15. The van der Waals surface area contributed by atoms with Crippen LogP contribution in [-0.4, -0.2) is 31.8 Å². The molecule has 130 valence electrons. The van der Waals surface area contributed by atoms with E-state index in [1.54, 1.807) is 4.52 Å². The van der Waals surface area contributed by atoms with Crippen molar-refractivity contribution in [2.45, 2.75) is 38.5 Å². The maximum absolute atomic E-state index is 12.4. The molecule has 0 saturated heterocycles. The van der Waals surface area contributed by atoms with Crippen molar-refractivity contribution in [2.24, 2.45) is 0 Å². The molecule has 6 nitrogen and oxygen atoms in total. The molecule has 0 aliphatic heterocycles. The number of carbonyl (C=O) groups excluding carboxylic acids is 1. The summed E-state index contributed by atoms with van der Waals surface area (Å²) in [4.78, 5) is 21.2. The lowest BCUT2D eigenvalue weighted by Crippen LogP contribution is -2.15. The minimum Gasteiger partial charge on any atom is -0.458 e. The monoisotopic (exact) mass is 356 g/mol. The molecule has 3 aromatic rings. The fourth-order valence-electron chi connectivity index (χ4n) is 2.71. The molecule has 0 amide bonds. The van der Waals surface area contributed by atoms with Gasteiger partial charge in [-0.15, -0.1) is 5.10 Å². The molecule has 0 unspecified atom stereocenters. The summed E-state index contributed by atoms with van der Waals surface area (Å²) in [5.41, 5.74) is 3.43. The summed E-state index contributed by atoms with van der Waals surface area (Å²) < 4.78 is 7.26. The third-order valence-corrected chi connectivity index (χ3v) is 4.65. The van der Waals surface area contributed by atoms with Gasteiger partial charge in [-0.3, -0.25) is 4.79 Å². The second-order valence-electron chi connectivity index (χ2n) is 5.79. The molecule has 0 aliphatic carbocycles. The maximum Gasteiger partial charge on any atom is 0.310 e. The number of carbonyl (C=O) groups is 1. The van der Waals surface area contributed by atoms with Crippen LogP contribution >= 0.6 is 11.8 Å².